The second-order valence-electron chi connectivity index (χ2n) is 5.63. The Kier molecular flexibility index (Phi) is 4.63. The van der Waals surface area contributed by atoms with Crippen LogP contribution in [0.3, 0.4) is 0 Å². The van der Waals surface area contributed by atoms with Crippen molar-refractivity contribution in [3.8, 4) is 0 Å². The second-order valence-corrected chi connectivity index (χ2v) is 6.04. The minimum absolute atomic E-state index is 0.00756. The third-order valence-corrected chi connectivity index (χ3v) is 4.26. The van der Waals surface area contributed by atoms with E-state index in [9.17, 15) is 9.59 Å². The molecule has 1 aliphatic heterocycles. The number of hydrogen-bond donors (Lipinski definition) is 1. The molecule has 1 atom stereocenters. The third kappa shape index (κ3) is 3.71. The van der Waals surface area contributed by atoms with Gasteiger partial charge in [0.2, 0.25) is 11.8 Å². The fraction of sp³-hybridized carbons (Fsp3) is 0.222. The Bertz CT molecular complexity index is 718. The molecule has 118 valence electrons. The van der Waals surface area contributed by atoms with Crippen LogP contribution in [0.2, 0.25) is 5.02 Å². The van der Waals surface area contributed by atoms with E-state index in [1.54, 1.807) is 23.1 Å². The molecule has 2 aromatic rings. The van der Waals surface area contributed by atoms with E-state index in [2.05, 4.69) is 5.32 Å². The average molecular weight is 329 g/mol. The van der Waals surface area contributed by atoms with Gasteiger partial charge in [0.05, 0.1) is 16.6 Å². The largest absolute Gasteiger partial charge is 0.338 e. The van der Waals surface area contributed by atoms with Crippen LogP contribution >= 0.6 is 11.6 Å². The van der Waals surface area contributed by atoms with Crippen LogP contribution in [0.15, 0.2) is 54.6 Å². The number of amides is 2. The van der Waals surface area contributed by atoms with Gasteiger partial charge in [0.1, 0.15) is 0 Å². The summed E-state index contributed by atoms with van der Waals surface area (Å²) in [7, 11) is 0. The van der Waals surface area contributed by atoms with Crippen molar-refractivity contribution in [2.75, 3.05) is 11.9 Å². The molecule has 0 spiro atoms. The van der Waals surface area contributed by atoms with Crippen molar-refractivity contribution in [2.24, 2.45) is 5.92 Å². The molecule has 0 radical (unpaired) electrons. The van der Waals surface area contributed by atoms with Crippen LogP contribution in [0.4, 0.5) is 5.69 Å². The smallest absolute Gasteiger partial charge is 0.229 e. The van der Waals surface area contributed by atoms with Crippen LogP contribution in [-0.4, -0.2) is 23.3 Å². The van der Waals surface area contributed by atoms with Gasteiger partial charge in [0, 0.05) is 19.5 Å². The molecule has 0 bridgehead atoms. The van der Waals surface area contributed by atoms with E-state index >= 15 is 0 Å². The van der Waals surface area contributed by atoms with Gasteiger partial charge in [-0.2, -0.15) is 0 Å². The van der Waals surface area contributed by atoms with E-state index < -0.39 is 0 Å². The molecule has 0 unspecified atom stereocenters. The highest BCUT2D eigenvalue weighted by molar-refractivity contribution is 6.33. The predicted molar refractivity (Wildman–Crippen MR) is 90.0 cm³/mol. The third-order valence-electron chi connectivity index (χ3n) is 3.93. The lowest BCUT2D eigenvalue weighted by Crippen LogP contribution is -2.28. The Balaban J connectivity index is 1.63. The van der Waals surface area contributed by atoms with Gasteiger partial charge in [-0.3, -0.25) is 9.59 Å². The van der Waals surface area contributed by atoms with Crippen molar-refractivity contribution < 1.29 is 9.59 Å². The number of anilines is 1. The standard InChI is InChI=1S/C18H17ClN2O2/c19-15-8-4-5-9-16(15)20-18(23)14-10-17(22)21(12-14)11-13-6-2-1-3-7-13/h1-9,14H,10-12H2,(H,20,23)/t14-/m1/s1. The van der Waals surface area contributed by atoms with E-state index in [1.165, 1.54) is 0 Å². The summed E-state index contributed by atoms with van der Waals surface area (Å²) in [6.07, 6.45) is 0.239. The number of rotatable bonds is 4. The molecular weight excluding hydrogens is 312 g/mol. The van der Waals surface area contributed by atoms with Gasteiger partial charge in [-0.05, 0) is 17.7 Å². The molecule has 3 rings (SSSR count). The predicted octanol–water partition coefficient (Wildman–Crippen LogP) is 3.33. The first-order chi connectivity index (χ1) is 11.1. The van der Waals surface area contributed by atoms with Crippen LogP contribution in [0, 0.1) is 5.92 Å². The van der Waals surface area contributed by atoms with Gasteiger partial charge < -0.3 is 10.2 Å². The summed E-state index contributed by atoms with van der Waals surface area (Å²) in [6.45, 7) is 0.972. The first-order valence-electron chi connectivity index (χ1n) is 7.50. The van der Waals surface area contributed by atoms with Gasteiger partial charge in [-0.15, -0.1) is 0 Å². The maximum Gasteiger partial charge on any atom is 0.229 e. The molecule has 2 aromatic carbocycles. The normalized spacial score (nSPS) is 17.3. The zero-order valence-corrected chi connectivity index (χ0v) is 13.3. The molecule has 23 heavy (non-hydrogen) atoms. The van der Waals surface area contributed by atoms with Crippen LogP contribution < -0.4 is 5.32 Å². The number of nitrogens with one attached hydrogen (secondary N) is 1. The Labute approximate surface area is 140 Å². The highest BCUT2D eigenvalue weighted by atomic mass is 35.5. The molecule has 1 saturated heterocycles. The molecule has 0 aromatic heterocycles. The summed E-state index contributed by atoms with van der Waals surface area (Å²) < 4.78 is 0. The highest BCUT2D eigenvalue weighted by Crippen LogP contribution is 2.25. The molecule has 0 aliphatic carbocycles. The molecule has 1 heterocycles. The molecule has 0 saturated carbocycles. The van der Waals surface area contributed by atoms with Crippen molar-refractivity contribution in [3.05, 3.63) is 65.2 Å². The number of carbonyl (C=O) groups is 2. The van der Waals surface area contributed by atoms with Crippen LogP contribution in [0.25, 0.3) is 0 Å². The van der Waals surface area contributed by atoms with Gasteiger partial charge >= 0.3 is 0 Å². The summed E-state index contributed by atoms with van der Waals surface area (Å²) in [6, 6.07) is 16.9. The van der Waals surface area contributed by atoms with Crippen molar-refractivity contribution in [2.45, 2.75) is 13.0 Å². The van der Waals surface area contributed by atoms with E-state index in [-0.39, 0.29) is 24.2 Å². The lowest BCUT2D eigenvalue weighted by atomic mass is 10.1. The number of halogens is 1. The zero-order valence-electron chi connectivity index (χ0n) is 12.5. The summed E-state index contributed by atoms with van der Waals surface area (Å²) in [5.74, 6) is -0.502. The first-order valence-corrected chi connectivity index (χ1v) is 7.88. The minimum atomic E-state index is -0.345. The number of nitrogens with zero attached hydrogens (tertiary/aromatic N) is 1. The fourth-order valence-electron chi connectivity index (χ4n) is 2.70. The minimum Gasteiger partial charge on any atom is -0.338 e. The second kappa shape index (κ2) is 6.84. The molecular formula is C18H17ClN2O2. The number of para-hydroxylation sites is 1. The number of benzene rings is 2. The Morgan fingerprint density at radius 3 is 2.57 bits per heavy atom. The van der Waals surface area contributed by atoms with Gasteiger partial charge in [-0.25, -0.2) is 0 Å². The molecule has 1 aliphatic rings. The summed E-state index contributed by atoms with van der Waals surface area (Å²) in [5, 5.41) is 3.30. The van der Waals surface area contributed by atoms with Crippen molar-refractivity contribution in [3.63, 3.8) is 0 Å². The molecule has 4 nitrogen and oxygen atoms in total. The maximum atomic E-state index is 12.4. The lowest BCUT2D eigenvalue weighted by molar-refractivity contribution is -0.128. The number of likely N-dealkylation sites (tertiary alicyclic amines) is 1. The van der Waals surface area contributed by atoms with Gasteiger partial charge in [-0.1, -0.05) is 54.1 Å². The van der Waals surface area contributed by atoms with E-state index in [1.807, 2.05) is 36.4 Å². The van der Waals surface area contributed by atoms with Crippen LogP contribution in [0.1, 0.15) is 12.0 Å². The summed E-state index contributed by atoms with van der Waals surface area (Å²) in [5.41, 5.74) is 1.64. The van der Waals surface area contributed by atoms with E-state index in [0.29, 0.717) is 23.8 Å². The van der Waals surface area contributed by atoms with Crippen molar-refractivity contribution >= 4 is 29.1 Å². The van der Waals surface area contributed by atoms with E-state index in [4.69, 9.17) is 11.6 Å². The van der Waals surface area contributed by atoms with Crippen LogP contribution in [-0.2, 0) is 16.1 Å². The van der Waals surface area contributed by atoms with Crippen LogP contribution in [0.5, 0.6) is 0 Å². The first kappa shape index (κ1) is 15.6. The van der Waals surface area contributed by atoms with Crippen molar-refractivity contribution in [1.29, 1.82) is 0 Å². The van der Waals surface area contributed by atoms with Gasteiger partial charge in [0.15, 0.2) is 0 Å². The molecule has 2 amide bonds. The maximum absolute atomic E-state index is 12.4. The van der Waals surface area contributed by atoms with Gasteiger partial charge in [0.25, 0.3) is 0 Å². The summed E-state index contributed by atoms with van der Waals surface area (Å²) in [4.78, 5) is 26.2. The average Bonchev–Trinajstić information content (AvgIpc) is 2.92. The molecule has 1 fully saturated rings. The quantitative estimate of drug-likeness (QED) is 0.936. The van der Waals surface area contributed by atoms with E-state index in [0.717, 1.165) is 5.56 Å². The monoisotopic (exact) mass is 328 g/mol. The SMILES string of the molecule is O=C(Nc1ccccc1Cl)[C@@H]1CC(=O)N(Cc2ccccc2)C1. The number of hydrogen-bond acceptors (Lipinski definition) is 2. The topological polar surface area (TPSA) is 49.4 Å². The Hall–Kier alpha value is -2.33. The number of carbonyl (C=O) groups excluding carboxylic acids is 2. The summed E-state index contributed by atoms with van der Waals surface area (Å²) >= 11 is 6.05. The Morgan fingerprint density at radius 1 is 1.13 bits per heavy atom. The lowest BCUT2D eigenvalue weighted by Gasteiger charge is -2.16. The highest BCUT2D eigenvalue weighted by Gasteiger charge is 2.34. The zero-order chi connectivity index (χ0) is 16.2. The fourth-order valence-corrected chi connectivity index (χ4v) is 2.88. The Morgan fingerprint density at radius 2 is 1.83 bits per heavy atom. The van der Waals surface area contributed by atoms with Crippen molar-refractivity contribution in [1.82, 2.24) is 4.90 Å². The molecule has 1 N–H and O–H groups in total. The molecule has 5 heteroatoms.